The fraction of sp³-hybridized carbons (Fsp3) is 0. The van der Waals surface area contributed by atoms with Crippen LogP contribution in [-0.2, 0) is 0 Å². The first-order valence-electron chi connectivity index (χ1n) is 7.28. The Bertz CT molecular complexity index is 823. The van der Waals surface area contributed by atoms with Crippen LogP contribution in [0.25, 0.3) is 0 Å². The zero-order valence-corrected chi connectivity index (χ0v) is 12.8. The van der Waals surface area contributed by atoms with Crippen LogP contribution >= 0.6 is 10.5 Å². The van der Waals surface area contributed by atoms with Crippen molar-refractivity contribution < 1.29 is 0 Å². The van der Waals surface area contributed by atoms with E-state index in [0.717, 1.165) is 5.69 Å². The van der Waals surface area contributed by atoms with E-state index in [9.17, 15) is 0 Å². The van der Waals surface area contributed by atoms with Gasteiger partial charge in [0, 0.05) is 26.4 Å². The highest BCUT2D eigenvalue weighted by Crippen LogP contribution is 2.41. The molecule has 0 spiro atoms. The zero-order valence-electron chi connectivity index (χ0n) is 12.0. The maximum Gasteiger partial charge on any atom is 0.0714 e. The van der Waals surface area contributed by atoms with Crippen molar-refractivity contribution in [3.63, 3.8) is 0 Å². The van der Waals surface area contributed by atoms with E-state index in [-0.39, 0.29) is 10.5 Å². The molecule has 1 nitrogen and oxygen atoms in total. The average Bonchev–Trinajstić information content (AvgIpc) is 3.01. The van der Waals surface area contributed by atoms with E-state index >= 15 is 0 Å². The lowest BCUT2D eigenvalue weighted by Gasteiger charge is -2.14. The molecule has 0 amide bonds. The number of para-hydroxylation sites is 1. The Morgan fingerprint density at radius 3 is 1.77 bits per heavy atom. The number of fused-ring (bicyclic) bond motifs is 1. The highest BCUT2D eigenvalue weighted by Gasteiger charge is 2.17. The maximum atomic E-state index is 4.60. The van der Waals surface area contributed by atoms with E-state index in [2.05, 4.69) is 83.9 Å². The normalized spacial score (nSPS) is 12.7. The lowest BCUT2D eigenvalue weighted by molar-refractivity contribution is 1.40. The summed E-state index contributed by atoms with van der Waals surface area (Å²) in [6, 6.07) is 29.8. The minimum atomic E-state index is -0.121. The van der Waals surface area contributed by atoms with Crippen molar-refractivity contribution in [2.45, 2.75) is 9.79 Å². The van der Waals surface area contributed by atoms with Crippen LogP contribution in [0.2, 0.25) is 0 Å². The molecule has 106 valence electrons. The van der Waals surface area contributed by atoms with Crippen LogP contribution in [-0.4, -0.2) is 11.1 Å². The molecular weight excluding hydrogens is 286 g/mol. The van der Waals surface area contributed by atoms with Gasteiger partial charge in [-0.15, -0.1) is 10.5 Å². The Hall–Kier alpha value is -2.45. The van der Waals surface area contributed by atoms with Gasteiger partial charge in [0.05, 0.1) is 5.69 Å². The maximum absolute atomic E-state index is 4.60. The summed E-state index contributed by atoms with van der Waals surface area (Å²) in [5.41, 5.74) is 2.32. The van der Waals surface area contributed by atoms with Gasteiger partial charge in [0.15, 0.2) is 0 Å². The molecule has 22 heavy (non-hydrogen) atoms. The van der Waals surface area contributed by atoms with Gasteiger partial charge in [-0.25, -0.2) is 0 Å². The Morgan fingerprint density at radius 1 is 0.591 bits per heavy atom. The number of hydrogen-bond donors (Lipinski definition) is 0. The molecule has 0 bridgehead atoms. The molecular formula is C20H15NS. The second kappa shape index (κ2) is 5.74. The molecule has 0 aliphatic carbocycles. The fourth-order valence-corrected chi connectivity index (χ4v) is 4.85. The summed E-state index contributed by atoms with van der Waals surface area (Å²) in [6.45, 7) is 0. The highest BCUT2D eigenvalue weighted by atomic mass is 32.2. The van der Waals surface area contributed by atoms with Gasteiger partial charge in [-0.2, -0.15) is 0 Å². The molecule has 1 aliphatic heterocycles. The molecule has 0 saturated heterocycles. The molecule has 0 aromatic heterocycles. The second-order valence-corrected chi connectivity index (χ2v) is 7.07. The molecule has 0 atom stereocenters. The second-order valence-electron chi connectivity index (χ2n) is 5.07. The van der Waals surface area contributed by atoms with Crippen LogP contribution < -0.4 is 0 Å². The quantitative estimate of drug-likeness (QED) is 0.569. The van der Waals surface area contributed by atoms with E-state index < -0.39 is 0 Å². The molecule has 0 radical (unpaired) electrons. The van der Waals surface area contributed by atoms with Gasteiger partial charge in [-0.3, -0.25) is 4.99 Å². The van der Waals surface area contributed by atoms with E-state index in [1.54, 1.807) is 0 Å². The predicted molar refractivity (Wildman–Crippen MR) is 95.7 cm³/mol. The van der Waals surface area contributed by atoms with Gasteiger partial charge in [0.2, 0.25) is 0 Å². The van der Waals surface area contributed by atoms with Gasteiger partial charge in [0.1, 0.15) is 0 Å². The van der Waals surface area contributed by atoms with Crippen LogP contribution in [0.5, 0.6) is 0 Å². The molecule has 1 aliphatic rings. The number of nitrogens with zero attached hydrogens (tertiary/aromatic N) is 1. The first kappa shape index (κ1) is 13.2. The number of aliphatic imine (C=N–C) groups is 1. The van der Waals surface area contributed by atoms with Gasteiger partial charge in [0.25, 0.3) is 0 Å². The van der Waals surface area contributed by atoms with Gasteiger partial charge < -0.3 is 0 Å². The van der Waals surface area contributed by atoms with Crippen LogP contribution in [0, 0.1) is 0 Å². The third-order valence-corrected chi connectivity index (χ3v) is 5.92. The summed E-state index contributed by atoms with van der Waals surface area (Å²) in [6.07, 6.45) is 2.04. The number of benzene rings is 3. The lowest BCUT2D eigenvalue weighted by atomic mass is 10.2. The van der Waals surface area contributed by atoms with Crippen molar-refractivity contribution >= 4 is 27.3 Å². The third-order valence-electron chi connectivity index (χ3n) is 3.67. The molecule has 1 heterocycles. The summed E-state index contributed by atoms with van der Waals surface area (Å²) in [7, 11) is -0.121. The molecule has 0 N–H and O–H groups in total. The van der Waals surface area contributed by atoms with Crippen LogP contribution in [0.3, 0.4) is 0 Å². The van der Waals surface area contributed by atoms with E-state index in [1.807, 2.05) is 12.3 Å². The summed E-state index contributed by atoms with van der Waals surface area (Å²) in [5.74, 6) is 0. The van der Waals surface area contributed by atoms with E-state index in [0.29, 0.717) is 0 Å². The standard InChI is InChI=1S/C20H15NS/c1-3-9-16(10-4-1)22(17-11-5-2-6-12-17)20-15-21-19-14-8-7-13-18(19)20/h1-15H. The fourth-order valence-electron chi connectivity index (χ4n) is 2.66. The van der Waals surface area contributed by atoms with Crippen LogP contribution in [0.15, 0.2) is 99.7 Å². The molecule has 2 heteroatoms. The zero-order chi connectivity index (χ0) is 14.8. The predicted octanol–water partition coefficient (Wildman–Crippen LogP) is 5.31. The molecule has 0 fully saturated rings. The summed E-state index contributed by atoms with van der Waals surface area (Å²) < 4.78 is 0. The summed E-state index contributed by atoms with van der Waals surface area (Å²) in [5, 5.41) is 0. The smallest absolute Gasteiger partial charge is 0.0714 e. The van der Waals surface area contributed by atoms with Crippen molar-refractivity contribution in [1.82, 2.24) is 0 Å². The minimum Gasteiger partial charge on any atom is -0.255 e. The highest BCUT2D eigenvalue weighted by molar-refractivity contribution is 8.17. The van der Waals surface area contributed by atoms with E-state index in [4.69, 9.17) is 0 Å². The summed E-state index contributed by atoms with van der Waals surface area (Å²) >= 11 is 0. The van der Waals surface area contributed by atoms with Gasteiger partial charge in [-0.05, 0) is 30.3 Å². The number of hydrogen-bond acceptors (Lipinski definition) is 1. The minimum absolute atomic E-state index is 0.121. The first-order valence-corrected chi connectivity index (χ1v) is 8.51. The molecule has 0 saturated carbocycles. The number of rotatable bonds is 2. The van der Waals surface area contributed by atoms with Gasteiger partial charge in [-0.1, -0.05) is 54.6 Å². The first-order chi connectivity index (χ1) is 10.9. The van der Waals surface area contributed by atoms with Crippen molar-refractivity contribution in [2.24, 2.45) is 4.99 Å². The largest absolute Gasteiger partial charge is 0.255 e. The van der Waals surface area contributed by atoms with Crippen molar-refractivity contribution in [3.8, 4) is 0 Å². The van der Waals surface area contributed by atoms with E-state index in [1.165, 1.54) is 20.2 Å². The lowest BCUT2D eigenvalue weighted by Crippen LogP contribution is -1.99. The summed E-state index contributed by atoms with van der Waals surface area (Å²) in [4.78, 5) is 8.55. The average molecular weight is 301 g/mol. The van der Waals surface area contributed by atoms with Crippen molar-refractivity contribution in [1.29, 1.82) is 0 Å². The molecule has 3 aromatic rings. The third kappa shape index (κ3) is 2.32. The Balaban J connectivity index is 2.01. The Morgan fingerprint density at radius 2 is 1.14 bits per heavy atom. The molecule has 3 aromatic carbocycles. The molecule has 4 rings (SSSR count). The SMILES string of the molecule is C1=Nc2ccccc2C1=S(c1ccccc1)c1ccccc1. The van der Waals surface area contributed by atoms with Crippen molar-refractivity contribution in [3.05, 3.63) is 90.5 Å². The van der Waals surface area contributed by atoms with Crippen LogP contribution in [0.1, 0.15) is 5.56 Å². The Kier molecular flexibility index (Phi) is 3.45. The Labute approximate surface area is 132 Å². The topological polar surface area (TPSA) is 12.4 Å². The van der Waals surface area contributed by atoms with Gasteiger partial charge >= 0.3 is 0 Å². The van der Waals surface area contributed by atoms with Crippen molar-refractivity contribution in [2.75, 3.05) is 0 Å². The monoisotopic (exact) mass is 301 g/mol. The molecule has 0 unspecified atom stereocenters. The van der Waals surface area contributed by atoms with Crippen LogP contribution in [0.4, 0.5) is 5.69 Å².